The maximum absolute atomic E-state index is 2.95. The summed E-state index contributed by atoms with van der Waals surface area (Å²) in [6.07, 6.45) is 6.97. The second-order valence-electron chi connectivity index (χ2n) is 4.57. The van der Waals surface area contributed by atoms with Gasteiger partial charge in [0.2, 0.25) is 0 Å². The SMILES string of the molecule is CCCCCCC(C)C(C)(C)P. The van der Waals surface area contributed by atoms with Crippen molar-refractivity contribution in [1.29, 1.82) is 0 Å². The van der Waals surface area contributed by atoms with Gasteiger partial charge in [-0.1, -0.05) is 53.4 Å². The van der Waals surface area contributed by atoms with Gasteiger partial charge >= 0.3 is 0 Å². The third-order valence-electron chi connectivity index (χ3n) is 2.76. The second-order valence-corrected chi connectivity index (χ2v) is 6.06. The van der Waals surface area contributed by atoms with Crippen molar-refractivity contribution in [3.8, 4) is 0 Å². The maximum Gasteiger partial charge on any atom is -0.0181 e. The van der Waals surface area contributed by atoms with Crippen LogP contribution in [-0.2, 0) is 0 Å². The zero-order chi connectivity index (χ0) is 9.61. The first-order valence-corrected chi connectivity index (χ1v) is 5.85. The van der Waals surface area contributed by atoms with E-state index in [-0.39, 0.29) is 0 Å². The van der Waals surface area contributed by atoms with Gasteiger partial charge < -0.3 is 0 Å². The summed E-state index contributed by atoms with van der Waals surface area (Å²) >= 11 is 0. The van der Waals surface area contributed by atoms with Crippen LogP contribution in [0.4, 0.5) is 0 Å². The molecule has 2 unspecified atom stereocenters. The molecule has 0 radical (unpaired) electrons. The van der Waals surface area contributed by atoms with Gasteiger partial charge in [0, 0.05) is 0 Å². The van der Waals surface area contributed by atoms with Crippen molar-refractivity contribution in [2.75, 3.05) is 0 Å². The largest absolute Gasteiger partial charge is 0.131 e. The molecule has 0 aromatic rings. The molecule has 0 saturated heterocycles. The summed E-state index contributed by atoms with van der Waals surface area (Å²) in [5, 5.41) is 0.423. The third-order valence-corrected chi connectivity index (χ3v) is 3.33. The standard InChI is InChI=1S/C11H25P/c1-5-6-7-8-9-10(2)11(3,4)12/h10H,5-9,12H2,1-4H3. The Kier molecular flexibility index (Phi) is 6.19. The third kappa shape index (κ3) is 6.00. The van der Waals surface area contributed by atoms with Gasteiger partial charge in [0.1, 0.15) is 0 Å². The van der Waals surface area contributed by atoms with Crippen molar-refractivity contribution in [3.05, 3.63) is 0 Å². The van der Waals surface area contributed by atoms with Crippen LogP contribution < -0.4 is 0 Å². The van der Waals surface area contributed by atoms with Crippen molar-refractivity contribution >= 4 is 9.24 Å². The molecule has 0 aliphatic heterocycles. The van der Waals surface area contributed by atoms with Crippen LogP contribution in [0.2, 0.25) is 0 Å². The highest BCUT2D eigenvalue weighted by atomic mass is 31.0. The molecule has 0 aromatic carbocycles. The zero-order valence-electron chi connectivity index (χ0n) is 9.19. The fraction of sp³-hybridized carbons (Fsp3) is 1.00. The van der Waals surface area contributed by atoms with Crippen LogP contribution in [0.1, 0.15) is 59.8 Å². The van der Waals surface area contributed by atoms with E-state index in [0.29, 0.717) is 5.16 Å². The second kappa shape index (κ2) is 5.97. The zero-order valence-corrected chi connectivity index (χ0v) is 10.3. The van der Waals surface area contributed by atoms with E-state index >= 15 is 0 Å². The Balaban J connectivity index is 3.38. The van der Waals surface area contributed by atoms with Crippen LogP contribution in [0, 0.1) is 5.92 Å². The van der Waals surface area contributed by atoms with E-state index in [4.69, 9.17) is 0 Å². The molecule has 12 heavy (non-hydrogen) atoms. The molecule has 74 valence electrons. The molecule has 0 amide bonds. The van der Waals surface area contributed by atoms with E-state index in [1.54, 1.807) is 0 Å². The summed E-state index contributed by atoms with van der Waals surface area (Å²) < 4.78 is 0. The van der Waals surface area contributed by atoms with Gasteiger partial charge in [0.25, 0.3) is 0 Å². The lowest BCUT2D eigenvalue weighted by Gasteiger charge is -2.26. The van der Waals surface area contributed by atoms with Gasteiger partial charge in [-0.2, -0.15) is 0 Å². The highest BCUT2D eigenvalue weighted by Gasteiger charge is 2.18. The Morgan fingerprint density at radius 1 is 1.17 bits per heavy atom. The number of rotatable bonds is 6. The van der Waals surface area contributed by atoms with Crippen LogP contribution in [0.3, 0.4) is 0 Å². The lowest BCUT2D eigenvalue weighted by Crippen LogP contribution is -2.20. The van der Waals surface area contributed by atoms with E-state index in [1.165, 1.54) is 32.1 Å². The monoisotopic (exact) mass is 188 g/mol. The Morgan fingerprint density at radius 3 is 2.17 bits per heavy atom. The predicted molar refractivity (Wildman–Crippen MR) is 61.7 cm³/mol. The first kappa shape index (κ1) is 12.4. The minimum Gasteiger partial charge on any atom is -0.131 e. The van der Waals surface area contributed by atoms with Crippen LogP contribution >= 0.6 is 9.24 Å². The van der Waals surface area contributed by atoms with Crippen LogP contribution in [0.25, 0.3) is 0 Å². The molecule has 0 heterocycles. The lowest BCUT2D eigenvalue weighted by atomic mass is 9.91. The summed E-state index contributed by atoms with van der Waals surface area (Å²) in [5.74, 6) is 0.833. The number of unbranched alkanes of at least 4 members (excludes halogenated alkanes) is 3. The first-order chi connectivity index (χ1) is 5.48. The molecule has 0 nitrogen and oxygen atoms in total. The summed E-state index contributed by atoms with van der Waals surface area (Å²) in [6.45, 7) is 9.24. The molecular formula is C11H25P. The van der Waals surface area contributed by atoms with Gasteiger partial charge in [-0.25, -0.2) is 0 Å². The smallest absolute Gasteiger partial charge is 0.0181 e. The van der Waals surface area contributed by atoms with E-state index < -0.39 is 0 Å². The van der Waals surface area contributed by atoms with Gasteiger partial charge in [-0.15, -0.1) is 9.24 Å². The fourth-order valence-electron chi connectivity index (χ4n) is 1.25. The Bertz CT molecular complexity index is 102. The number of hydrogen-bond donors (Lipinski definition) is 0. The molecule has 0 fully saturated rings. The van der Waals surface area contributed by atoms with E-state index in [2.05, 4.69) is 36.9 Å². The first-order valence-electron chi connectivity index (χ1n) is 5.27. The van der Waals surface area contributed by atoms with Crippen LogP contribution in [-0.4, -0.2) is 5.16 Å². The average Bonchev–Trinajstić information content (AvgIpc) is 1.96. The van der Waals surface area contributed by atoms with Crippen LogP contribution in [0.15, 0.2) is 0 Å². The predicted octanol–water partition coefficient (Wildman–Crippen LogP) is 4.25. The molecule has 0 N–H and O–H groups in total. The number of hydrogen-bond acceptors (Lipinski definition) is 0. The highest BCUT2D eigenvalue weighted by molar-refractivity contribution is 7.18. The maximum atomic E-state index is 2.95. The molecule has 2 atom stereocenters. The Morgan fingerprint density at radius 2 is 1.75 bits per heavy atom. The molecular weight excluding hydrogens is 163 g/mol. The van der Waals surface area contributed by atoms with Crippen molar-refractivity contribution in [2.24, 2.45) is 5.92 Å². The highest BCUT2D eigenvalue weighted by Crippen LogP contribution is 2.30. The van der Waals surface area contributed by atoms with Gasteiger partial charge in [0.15, 0.2) is 0 Å². The van der Waals surface area contributed by atoms with Crippen molar-refractivity contribution in [2.45, 2.75) is 65.0 Å². The van der Waals surface area contributed by atoms with Crippen LogP contribution in [0.5, 0.6) is 0 Å². The minimum atomic E-state index is 0.423. The summed E-state index contributed by atoms with van der Waals surface area (Å²) in [5.41, 5.74) is 0. The van der Waals surface area contributed by atoms with Crippen molar-refractivity contribution in [1.82, 2.24) is 0 Å². The molecule has 0 aromatic heterocycles. The summed E-state index contributed by atoms with van der Waals surface area (Å²) in [7, 11) is 2.95. The molecule has 0 bridgehead atoms. The Hall–Kier alpha value is 0.430. The molecule has 1 heteroatoms. The average molecular weight is 188 g/mol. The van der Waals surface area contributed by atoms with E-state index in [0.717, 1.165) is 5.92 Å². The Labute approximate surface area is 80.7 Å². The van der Waals surface area contributed by atoms with Gasteiger partial charge in [0.05, 0.1) is 0 Å². The fourth-order valence-corrected chi connectivity index (χ4v) is 1.42. The summed E-state index contributed by atoms with van der Waals surface area (Å²) in [6, 6.07) is 0. The lowest BCUT2D eigenvalue weighted by molar-refractivity contribution is 0.408. The normalized spacial score (nSPS) is 14.8. The van der Waals surface area contributed by atoms with Gasteiger partial charge in [-0.05, 0) is 17.5 Å². The van der Waals surface area contributed by atoms with Crippen molar-refractivity contribution < 1.29 is 0 Å². The molecule has 0 spiro atoms. The summed E-state index contributed by atoms with van der Waals surface area (Å²) in [4.78, 5) is 0. The molecule has 0 aliphatic carbocycles. The topological polar surface area (TPSA) is 0 Å². The van der Waals surface area contributed by atoms with E-state index in [9.17, 15) is 0 Å². The molecule has 0 aliphatic rings. The van der Waals surface area contributed by atoms with Gasteiger partial charge in [-0.3, -0.25) is 0 Å². The minimum absolute atomic E-state index is 0.423. The molecule has 0 saturated carbocycles. The van der Waals surface area contributed by atoms with Crippen molar-refractivity contribution in [3.63, 3.8) is 0 Å². The molecule has 0 rings (SSSR count). The van der Waals surface area contributed by atoms with E-state index in [1.807, 2.05) is 0 Å². The quantitative estimate of drug-likeness (QED) is 0.432.